The van der Waals surface area contributed by atoms with Gasteiger partial charge in [0.15, 0.2) is 12.8 Å². The number of methoxy groups -OCH3 is 1. The van der Waals surface area contributed by atoms with Gasteiger partial charge in [0.2, 0.25) is 0 Å². The van der Waals surface area contributed by atoms with E-state index in [0.29, 0.717) is 4.57 Å². The fraction of sp³-hybridized carbons (Fsp3) is 0.353. The molecule has 1 heterocycles. The zero-order valence-corrected chi connectivity index (χ0v) is 14.4. The number of nitrogens with one attached hydrogen (secondary N) is 1. The summed E-state index contributed by atoms with van der Waals surface area (Å²) in [6.45, 7) is -2.87. The van der Waals surface area contributed by atoms with Crippen LogP contribution in [0.1, 0.15) is 16.6 Å². The summed E-state index contributed by atoms with van der Waals surface area (Å²) in [6.07, 6.45) is -0.737. The highest BCUT2D eigenvalue weighted by atomic mass is 19.2. The van der Waals surface area contributed by atoms with Crippen LogP contribution in [0, 0.1) is 0 Å². The largest absolute Gasteiger partial charge is 0.456 e. The summed E-state index contributed by atoms with van der Waals surface area (Å²) in [5.41, 5.74) is -1.49. The highest BCUT2D eigenvalue weighted by Gasteiger charge is 2.37. The molecule has 8 nitrogen and oxygen atoms in total. The molecule has 0 unspecified atom stereocenters. The van der Waals surface area contributed by atoms with Crippen molar-refractivity contribution in [3.8, 4) is 0 Å². The number of nitrogens with zero attached hydrogens (tertiary/aromatic N) is 1. The van der Waals surface area contributed by atoms with E-state index in [0.717, 1.165) is 12.3 Å². The first-order valence-corrected chi connectivity index (χ1v) is 7.84. The summed E-state index contributed by atoms with van der Waals surface area (Å²) >= 11 is 0. The fourth-order valence-electron chi connectivity index (χ4n) is 2.22. The van der Waals surface area contributed by atoms with Crippen LogP contribution in [0.3, 0.4) is 0 Å². The van der Waals surface area contributed by atoms with E-state index in [2.05, 4.69) is 0 Å². The molecule has 0 aliphatic carbocycles. The smallest absolute Gasteiger partial charge is 0.338 e. The second-order valence-corrected chi connectivity index (χ2v) is 5.50. The number of aromatic nitrogens is 2. The van der Waals surface area contributed by atoms with E-state index < -0.39 is 49.2 Å². The average molecular weight is 384 g/mol. The number of alkyl halides is 2. The average Bonchev–Trinajstić information content (AvgIpc) is 2.66. The Balaban J connectivity index is 2.14. The van der Waals surface area contributed by atoms with Crippen LogP contribution in [0.25, 0.3) is 0 Å². The number of halogens is 2. The van der Waals surface area contributed by atoms with E-state index in [9.17, 15) is 18.8 Å². The van der Waals surface area contributed by atoms with Gasteiger partial charge in [-0.15, -0.1) is 0 Å². The first kappa shape index (κ1) is 20.5. The van der Waals surface area contributed by atoms with Crippen molar-refractivity contribution in [1.82, 2.24) is 9.55 Å². The highest BCUT2D eigenvalue weighted by Crippen LogP contribution is 2.22. The molecule has 27 heavy (non-hydrogen) atoms. The van der Waals surface area contributed by atoms with Gasteiger partial charge in [0.05, 0.1) is 5.56 Å². The maximum Gasteiger partial charge on any atom is 0.338 e. The number of carbonyl (C=O) groups is 1. The minimum absolute atomic E-state index is 0.191. The Hall–Kier alpha value is -2.85. The van der Waals surface area contributed by atoms with Crippen LogP contribution < -0.4 is 11.2 Å². The van der Waals surface area contributed by atoms with E-state index >= 15 is 4.39 Å². The van der Waals surface area contributed by atoms with Crippen molar-refractivity contribution in [3.05, 3.63) is 69.0 Å². The van der Waals surface area contributed by atoms with Crippen molar-refractivity contribution in [3.63, 3.8) is 0 Å². The van der Waals surface area contributed by atoms with Crippen molar-refractivity contribution in [2.75, 3.05) is 27.0 Å². The monoisotopic (exact) mass is 384 g/mol. The minimum Gasteiger partial charge on any atom is -0.456 e. The lowest BCUT2D eigenvalue weighted by Gasteiger charge is -2.29. The molecular formula is C17H18F2N2O6. The number of hydrogen-bond acceptors (Lipinski definition) is 6. The number of ether oxygens (including phenoxy) is 3. The van der Waals surface area contributed by atoms with E-state index in [1.807, 2.05) is 4.98 Å². The molecule has 0 saturated carbocycles. The summed E-state index contributed by atoms with van der Waals surface area (Å²) in [5, 5.41) is 0. The molecule has 1 aromatic heterocycles. The Kier molecular flexibility index (Phi) is 6.97. The molecule has 0 amide bonds. The topological polar surface area (TPSA) is 99.6 Å². The summed E-state index contributed by atoms with van der Waals surface area (Å²) in [6, 6.07) is 8.81. The second-order valence-electron chi connectivity index (χ2n) is 5.50. The van der Waals surface area contributed by atoms with Gasteiger partial charge < -0.3 is 14.2 Å². The zero-order valence-electron chi connectivity index (χ0n) is 14.4. The van der Waals surface area contributed by atoms with Crippen molar-refractivity contribution in [2.45, 2.75) is 12.1 Å². The number of esters is 1. The molecule has 0 radical (unpaired) electrons. The minimum atomic E-state index is -2.73. The predicted molar refractivity (Wildman–Crippen MR) is 89.9 cm³/mol. The Bertz CT molecular complexity index is 869. The maximum atomic E-state index is 15.0. The number of H-pyrrole nitrogens is 1. The zero-order chi connectivity index (χ0) is 19.9. The maximum absolute atomic E-state index is 15.0. The van der Waals surface area contributed by atoms with Gasteiger partial charge in [-0.2, -0.15) is 0 Å². The molecule has 2 atom stereocenters. The first-order valence-electron chi connectivity index (χ1n) is 7.84. The number of aromatic amines is 1. The van der Waals surface area contributed by atoms with Gasteiger partial charge in [0.25, 0.3) is 11.4 Å². The van der Waals surface area contributed by atoms with Crippen molar-refractivity contribution < 1.29 is 27.8 Å². The van der Waals surface area contributed by atoms with Gasteiger partial charge in [-0.1, -0.05) is 18.2 Å². The third kappa shape index (κ3) is 5.56. The van der Waals surface area contributed by atoms with Crippen molar-refractivity contribution >= 4 is 5.97 Å². The van der Waals surface area contributed by atoms with Gasteiger partial charge in [0, 0.05) is 19.4 Å². The highest BCUT2D eigenvalue weighted by molar-refractivity contribution is 5.89. The molecule has 10 heteroatoms. The number of rotatable bonds is 9. The van der Waals surface area contributed by atoms with Gasteiger partial charge in [-0.05, 0) is 12.1 Å². The SMILES string of the molecule is COC[C@](F)(COC(=O)c1ccccc1)O[C@H](CF)n1ccc(=O)[nH]c1=O. The lowest BCUT2D eigenvalue weighted by molar-refractivity contribution is -0.243. The lowest BCUT2D eigenvalue weighted by Crippen LogP contribution is -2.43. The van der Waals surface area contributed by atoms with Crippen molar-refractivity contribution in [1.29, 1.82) is 0 Å². The van der Waals surface area contributed by atoms with Crippen LogP contribution in [0.5, 0.6) is 0 Å². The van der Waals surface area contributed by atoms with E-state index in [4.69, 9.17) is 14.2 Å². The van der Waals surface area contributed by atoms with Crippen LogP contribution in [0.2, 0.25) is 0 Å². The standard InChI is InChI=1S/C17H18F2N2O6/c1-25-10-17(19,11-26-15(23)12-5-3-2-4-6-12)27-14(9-18)21-8-7-13(22)20-16(21)24/h2-8,14H,9-11H2,1H3,(H,20,22,24)/t14-,17-/m1/s1. The van der Waals surface area contributed by atoms with E-state index in [1.165, 1.54) is 19.2 Å². The number of benzene rings is 1. The van der Waals surface area contributed by atoms with E-state index in [1.54, 1.807) is 18.2 Å². The molecule has 0 aliphatic rings. The molecule has 0 fully saturated rings. The molecule has 0 saturated heterocycles. The van der Waals surface area contributed by atoms with Crippen LogP contribution in [-0.2, 0) is 14.2 Å². The van der Waals surface area contributed by atoms with E-state index in [-0.39, 0.29) is 5.56 Å². The molecule has 1 aromatic carbocycles. The van der Waals surface area contributed by atoms with Gasteiger partial charge in [0.1, 0.15) is 13.3 Å². The van der Waals surface area contributed by atoms with Crippen LogP contribution in [0.4, 0.5) is 8.78 Å². The Labute approximate surface area is 152 Å². The van der Waals surface area contributed by atoms with Crippen LogP contribution >= 0.6 is 0 Å². The first-order chi connectivity index (χ1) is 12.9. The predicted octanol–water partition coefficient (Wildman–Crippen LogP) is 1.19. The molecule has 0 bridgehead atoms. The summed E-state index contributed by atoms with van der Waals surface area (Å²) in [5.74, 6) is -3.54. The van der Waals surface area contributed by atoms with Crippen molar-refractivity contribution in [2.24, 2.45) is 0 Å². The van der Waals surface area contributed by atoms with Crippen LogP contribution in [0.15, 0.2) is 52.2 Å². The molecule has 146 valence electrons. The lowest BCUT2D eigenvalue weighted by atomic mass is 10.2. The van der Waals surface area contributed by atoms with Gasteiger partial charge in [-0.3, -0.25) is 14.3 Å². The molecule has 1 N–H and O–H groups in total. The Morgan fingerprint density at radius 2 is 1.93 bits per heavy atom. The normalized spacial score (nSPS) is 14.3. The number of carbonyl (C=O) groups excluding carboxylic acids is 1. The Morgan fingerprint density at radius 1 is 1.22 bits per heavy atom. The molecule has 0 aliphatic heterocycles. The third-order valence-electron chi connectivity index (χ3n) is 3.43. The fourth-order valence-corrected chi connectivity index (χ4v) is 2.22. The van der Waals surface area contributed by atoms with Gasteiger partial charge >= 0.3 is 11.7 Å². The quantitative estimate of drug-likeness (QED) is 0.652. The molecule has 2 aromatic rings. The molecule has 0 spiro atoms. The second kappa shape index (κ2) is 9.19. The summed E-state index contributed by atoms with van der Waals surface area (Å²) in [4.78, 5) is 36.7. The molecular weight excluding hydrogens is 366 g/mol. The summed E-state index contributed by atoms with van der Waals surface area (Å²) < 4.78 is 43.7. The number of hydrogen-bond donors (Lipinski definition) is 1. The summed E-state index contributed by atoms with van der Waals surface area (Å²) in [7, 11) is 1.17. The molecule has 2 rings (SSSR count). The van der Waals surface area contributed by atoms with Crippen LogP contribution in [-0.4, -0.2) is 48.4 Å². The Morgan fingerprint density at radius 3 is 2.52 bits per heavy atom. The third-order valence-corrected chi connectivity index (χ3v) is 3.43. The van der Waals surface area contributed by atoms with Gasteiger partial charge in [-0.25, -0.2) is 18.4 Å².